The zero-order valence-electron chi connectivity index (χ0n) is 14.8. The summed E-state index contributed by atoms with van der Waals surface area (Å²) < 4.78 is 0. The van der Waals surface area contributed by atoms with E-state index in [-0.39, 0.29) is 0 Å². The molecule has 1 rings (SSSR count). The molecular weight excluding hydrogens is 254 g/mol. The van der Waals surface area contributed by atoms with E-state index < -0.39 is 0 Å². The summed E-state index contributed by atoms with van der Waals surface area (Å²) in [5.74, 6) is 0. The van der Waals surface area contributed by atoms with Crippen LogP contribution < -0.4 is 0 Å². The molecule has 0 aromatic rings. The second-order valence-electron chi connectivity index (χ2n) is 6.81. The van der Waals surface area contributed by atoms with E-state index in [1.165, 1.54) is 96.6 Å². The van der Waals surface area contributed by atoms with Crippen LogP contribution in [0.3, 0.4) is 0 Å². The second kappa shape index (κ2) is 13.4. The van der Waals surface area contributed by atoms with E-state index in [0.717, 1.165) is 6.04 Å². The molecule has 0 fully saturated rings. The molecule has 0 saturated carbocycles. The fourth-order valence-electron chi connectivity index (χ4n) is 3.47. The van der Waals surface area contributed by atoms with E-state index in [9.17, 15) is 0 Å². The van der Waals surface area contributed by atoms with Gasteiger partial charge in [0.1, 0.15) is 0 Å². The van der Waals surface area contributed by atoms with E-state index in [4.69, 9.17) is 0 Å². The maximum Gasteiger partial charge on any atom is 0.0166 e. The van der Waals surface area contributed by atoms with E-state index in [2.05, 4.69) is 30.9 Å². The van der Waals surface area contributed by atoms with Gasteiger partial charge >= 0.3 is 0 Å². The van der Waals surface area contributed by atoms with Crippen LogP contribution in [0, 0.1) is 0 Å². The largest absolute Gasteiger partial charge is 0.296 e. The van der Waals surface area contributed by atoms with Crippen molar-refractivity contribution in [1.82, 2.24) is 4.90 Å². The van der Waals surface area contributed by atoms with E-state index in [0.29, 0.717) is 0 Å². The van der Waals surface area contributed by atoms with Crippen LogP contribution in [-0.4, -0.2) is 24.0 Å². The first kappa shape index (κ1) is 18.7. The Labute approximate surface area is 134 Å². The Morgan fingerprint density at radius 1 is 0.762 bits per heavy atom. The Morgan fingerprint density at radius 3 is 1.81 bits per heavy atom. The third-order valence-electron chi connectivity index (χ3n) is 4.89. The van der Waals surface area contributed by atoms with Crippen molar-refractivity contribution >= 4 is 0 Å². The lowest BCUT2D eigenvalue weighted by Crippen LogP contribution is -2.37. The van der Waals surface area contributed by atoms with Gasteiger partial charge < -0.3 is 0 Å². The van der Waals surface area contributed by atoms with Gasteiger partial charge in [-0.3, -0.25) is 4.90 Å². The van der Waals surface area contributed by atoms with Crippen LogP contribution >= 0.6 is 0 Å². The molecule has 1 heteroatoms. The van der Waals surface area contributed by atoms with E-state index >= 15 is 0 Å². The van der Waals surface area contributed by atoms with Gasteiger partial charge in [-0.05, 0) is 19.3 Å². The maximum atomic E-state index is 2.75. The quantitative estimate of drug-likeness (QED) is 0.283. The van der Waals surface area contributed by atoms with Crippen molar-refractivity contribution in [3.63, 3.8) is 0 Å². The Kier molecular flexibility index (Phi) is 11.9. The van der Waals surface area contributed by atoms with E-state index in [1.807, 2.05) is 0 Å². The average molecular weight is 294 g/mol. The molecule has 0 aromatic carbocycles. The highest BCUT2D eigenvalue weighted by molar-refractivity contribution is 4.93. The molecule has 0 radical (unpaired) electrons. The molecule has 1 aliphatic rings. The molecule has 1 nitrogen and oxygen atoms in total. The van der Waals surface area contributed by atoms with Gasteiger partial charge in [0, 0.05) is 19.1 Å². The summed E-state index contributed by atoms with van der Waals surface area (Å²) in [6.45, 7) is 7.11. The molecule has 0 atom stereocenters. The second-order valence-corrected chi connectivity index (χ2v) is 6.81. The summed E-state index contributed by atoms with van der Waals surface area (Å²) in [7, 11) is 0. The van der Waals surface area contributed by atoms with Gasteiger partial charge in [-0.15, -0.1) is 0 Å². The van der Waals surface area contributed by atoms with Crippen molar-refractivity contribution in [1.29, 1.82) is 0 Å². The van der Waals surface area contributed by atoms with Crippen LogP contribution in [0.1, 0.15) is 97.3 Å². The smallest absolute Gasteiger partial charge is 0.0166 e. The predicted molar refractivity (Wildman–Crippen MR) is 95.9 cm³/mol. The normalized spacial score (nSPS) is 16.0. The Hall–Kier alpha value is -0.300. The van der Waals surface area contributed by atoms with Crippen molar-refractivity contribution in [2.75, 3.05) is 13.1 Å². The van der Waals surface area contributed by atoms with Crippen LogP contribution in [-0.2, 0) is 0 Å². The number of unbranched alkanes of at least 4 members (excludes halogenated alkanes) is 8. The zero-order valence-corrected chi connectivity index (χ0v) is 14.8. The number of hydrogen-bond acceptors (Lipinski definition) is 1. The lowest BCUT2D eigenvalue weighted by Gasteiger charge is -2.32. The monoisotopic (exact) mass is 293 g/mol. The van der Waals surface area contributed by atoms with Crippen LogP contribution in [0.4, 0.5) is 0 Å². The minimum atomic E-state index is 0.859. The Bertz CT molecular complexity index is 232. The standard InChI is InChI=1S/C20H39N/c1-3-5-7-9-12-16-20(17-13-10-8-6-4-2)21-18-14-11-15-19-21/h11,14,20H,3-10,12-13,15-19H2,1-2H3. The molecule has 0 spiro atoms. The van der Waals surface area contributed by atoms with E-state index in [1.54, 1.807) is 0 Å². The SMILES string of the molecule is CCCCCCCC(CCCCCCC)N1CC=CCC1. The van der Waals surface area contributed by atoms with Gasteiger partial charge in [0.15, 0.2) is 0 Å². The van der Waals surface area contributed by atoms with Gasteiger partial charge in [0.25, 0.3) is 0 Å². The summed E-state index contributed by atoms with van der Waals surface area (Å²) in [6.07, 6.45) is 23.1. The third-order valence-corrected chi connectivity index (χ3v) is 4.89. The average Bonchev–Trinajstić information content (AvgIpc) is 2.53. The molecule has 0 unspecified atom stereocenters. The molecule has 0 aliphatic carbocycles. The minimum Gasteiger partial charge on any atom is -0.296 e. The molecule has 21 heavy (non-hydrogen) atoms. The number of hydrogen-bond donors (Lipinski definition) is 0. The van der Waals surface area contributed by atoms with Crippen molar-refractivity contribution in [2.24, 2.45) is 0 Å². The van der Waals surface area contributed by atoms with Crippen molar-refractivity contribution in [3.05, 3.63) is 12.2 Å². The van der Waals surface area contributed by atoms with Gasteiger partial charge in [-0.2, -0.15) is 0 Å². The fourth-order valence-corrected chi connectivity index (χ4v) is 3.47. The van der Waals surface area contributed by atoms with Gasteiger partial charge in [0.05, 0.1) is 0 Å². The first-order chi connectivity index (χ1) is 10.4. The Balaban J connectivity index is 2.22. The topological polar surface area (TPSA) is 3.24 Å². The van der Waals surface area contributed by atoms with Crippen LogP contribution in [0.25, 0.3) is 0 Å². The number of nitrogens with zero attached hydrogens (tertiary/aromatic N) is 1. The van der Waals surface area contributed by atoms with Crippen molar-refractivity contribution in [3.8, 4) is 0 Å². The third kappa shape index (κ3) is 9.34. The molecule has 124 valence electrons. The molecule has 0 N–H and O–H groups in total. The molecule has 0 amide bonds. The summed E-state index contributed by atoms with van der Waals surface area (Å²) in [4.78, 5) is 2.75. The van der Waals surface area contributed by atoms with Crippen molar-refractivity contribution < 1.29 is 0 Å². The van der Waals surface area contributed by atoms with Gasteiger partial charge in [0.2, 0.25) is 0 Å². The van der Waals surface area contributed by atoms with Crippen molar-refractivity contribution in [2.45, 2.75) is 103 Å². The summed E-state index contributed by atoms with van der Waals surface area (Å²) >= 11 is 0. The van der Waals surface area contributed by atoms with Gasteiger partial charge in [-0.25, -0.2) is 0 Å². The first-order valence-electron chi connectivity index (χ1n) is 9.77. The molecule has 0 aromatic heterocycles. The summed E-state index contributed by atoms with van der Waals surface area (Å²) in [6, 6.07) is 0.859. The highest BCUT2D eigenvalue weighted by Crippen LogP contribution is 2.20. The minimum absolute atomic E-state index is 0.859. The molecule has 1 heterocycles. The number of rotatable bonds is 13. The highest BCUT2D eigenvalue weighted by atomic mass is 15.1. The summed E-state index contributed by atoms with van der Waals surface area (Å²) in [5.41, 5.74) is 0. The predicted octanol–water partition coefficient (Wildman–Crippen LogP) is 6.34. The molecular formula is C20H39N. The fraction of sp³-hybridized carbons (Fsp3) is 0.900. The lowest BCUT2D eigenvalue weighted by molar-refractivity contribution is 0.185. The maximum absolute atomic E-state index is 2.75. The zero-order chi connectivity index (χ0) is 15.2. The van der Waals surface area contributed by atoms with Crippen LogP contribution in [0.2, 0.25) is 0 Å². The highest BCUT2D eigenvalue weighted by Gasteiger charge is 2.17. The summed E-state index contributed by atoms with van der Waals surface area (Å²) in [5, 5.41) is 0. The Morgan fingerprint density at radius 2 is 1.33 bits per heavy atom. The lowest BCUT2D eigenvalue weighted by atomic mass is 9.98. The van der Waals surface area contributed by atoms with Crippen LogP contribution in [0.15, 0.2) is 12.2 Å². The first-order valence-corrected chi connectivity index (χ1v) is 9.77. The molecule has 0 saturated heterocycles. The van der Waals surface area contributed by atoms with Gasteiger partial charge in [-0.1, -0.05) is 90.2 Å². The molecule has 0 bridgehead atoms. The molecule has 1 aliphatic heterocycles. The van der Waals surface area contributed by atoms with Crippen LogP contribution in [0.5, 0.6) is 0 Å².